The second kappa shape index (κ2) is 3.89. The van der Waals surface area contributed by atoms with Gasteiger partial charge in [0.2, 0.25) is 0 Å². The number of ether oxygens (including phenoxy) is 1. The second-order valence-corrected chi connectivity index (χ2v) is 3.80. The van der Waals surface area contributed by atoms with Crippen molar-refractivity contribution in [3.05, 3.63) is 41.5 Å². The van der Waals surface area contributed by atoms with Gasteiger partial charge < -0.3 is 4.74 Å². The Labute approximate surface area is 89.6 Å². The highest BCUT2D eigenvalue weighted by molar-refractivity contribution is 6.18. The fourth-order valence-electron chi connectivity index (χ4n) is 1.64. The molecular formula is C13H14O2. The number of hydrogen-bond acceptors (Lipinski definition) is 2. The molecule has 1 aromatic carbocycles. The van der Waals surface area contributed by atoms with Gasteiger partial charge in [-0.15, -0.1) is 0 Å². The summed E-state index contributed by atoms with van der Waals surface area (Å²) >= 11 is 0. The van der Waals surface area contributed by atoms with Gasteiger partial charge in [0.05, 0.1) is 5.57 Å². The van der Waals surface area contributed by atoms with Crippen molar-refractivity contribution in [1.29, 1.82) is 0 Å². The van der Waals surface area contributed by atoms with E-state index < -0.39 is 0 Å². The van der Waals surface area contributed by atoms with Crippen molar-refractivity contribution in [3.63, 3.8) is 0 Å². The van der Waals surface area contributed by atoms with Crippen LogP contribution >= 0.6 is 0 Å². The highest BCUT2D eigenvalue weighted by Crippen LogP contribution is 2.25. The largest absolute Gasteiger partial charge is 0.455 e. The first-order valence-electron chi connectivity index (χ1n) is 5.20. The number of hydrogen-bond donors (Lipinski definition) is 0. The fraction of sp³-hybridized carbons (Fsp3) is 0.308. The highest BCUT2D eigenvalue weighted by atomic mass is 16.5. The lowest BCUT2D eigenvalue weighted by molar-refractivity contribution is -0.137. The Morgan fingerprint density at radius 1 is 1.27 bits per heavy atom. The molecule has 0 amide bonds. The van der Waals surface area contributed by atoms with Crippen LogP contribution in [0.25, 0.3) is 5.57 Å². The molecule has 2 rings (SSSR count). The lowest BCUT2D eigenvalue weighted by atomic mass is 10.0. The maximum absolute atomic E-state index is 11.5. The van der Waals surface area contributed by atoms with E-state index in [4.69, 9.17) is 4.74 Å². The Morgan fingerprint density at radius 2 is 1.93 bits per heavy atom. The molecule has 0 N–H and O–H groups in total. The maximum atomic E-state index is 11.5. The van der Waals surface area contributed by atoms with Gasteiger partial charge in [-0.25, -0.2) is 4.79 Å². The van der Waals surface area contributed by atoms with Crippen LogP contribution in [0.5, 0.6) is 0 Å². The summed E-state index contributed by atoms with van der Waals surface area (Å²) in [6, 6.07) is 7.92. The Morgan fingerprint density at radius 3 is 2.47 bits per heavy atom. The number of aryl methyl sites for hydroxylation is 1. The van der Waals surface area contributed by atoms with Crippen molar-refractivity contribution in [2.45, 2.75) is 26.4 Å². The molecule has 0 aromatic heterocycles. The summed E-state index contributed by atoms with van der Waals surface area (Å²) in [7, 11) is 0. The van der Waals surface area contributed by atoms with Crippen LogP contribution in [0.15, 0.2) is 30.3 Å². The van der Waals surface area contributed by atoms with E-state index >= 15 is 0 Å². The minimum absolute atomic E-state index is 0.0474. The molecule has 1 heterocycles. The van der Waals surface area contributed by atoms with E-state index in [9.17, 15) is 4.79 Å². The van der Waals surface area contributed by atoms with Gasteiger partial charge in [0.15, 0.2) is 0 Å². The first-order valence-corrected chi connectivity index (χ1v) is 5.20. The molecular weight excluding hydrogens is 188 g/mol. The van der Waals surface area contributed by atoms with E-state index in [1.165, 1.54) is 5.56 Å². The van der Waals surface area contributed by atoms with Crippen LogP contribution in [-0.2, 0) is 9.53 Å². The normalized spacial score (nSPS) is 20.0. The molecule has 0 saturated heterocycles. The van der Waals surface area contributed by atoms with E-state index in [1.807, 2.05) is 44.2 Å². The van der Waals surface area contributed by atoms with E-state index in [0.717, 1.165) is 12.0 Å². The van der Waals surface area contributed by atoms with E-state index in [1.54, 1.807) is 0 Å². The molecule has 1 aliphatic rings. The molecule has 2 heteroatoms. The van der Waals surface area contributed by atoms with Gasteiger partial charge in [0, 0.05) is 0 Å². The Balaban J connectivity index is 2.31. The van der Waals surface area contributed by atoms with Crippen LogP contribution in [-0.4, -0.2) is 12.1 Å². The number of carbonyl (C=O) groups excluding carboxylic acids is 1. The molecule has 0 bridgehead atoms. The zero-order valence-corrected chi connectivity index (χ0v) is 8.99. The molecule has 1 atom stereocenters. The van der Waals surface area contributed by atoms with Gasteiger partial charge in [-0.3, -0.25) is 0 Å². The molecule has 78 valence electrons. The summed E-state index contributed by atoms with van der Waals surface area (Å²) in [6.45, 7) is 4.03. The zero-order valence-electron chi connectivity index (χ0n) is 8.99. The molecule has 0 spiro atoms. The van der Waals surface area contributed by atoms with E-state index in [-0.39, 0.29) is 12.1 Å². The average molecular weight is 202 g/mol. The molecule has 2 nitrogen and oxygen atoms in total. The third-order valence-corrected chi connectivity index (χ3v) is 2.60. The average Bonchev–Trinajstić information content (AvgIpc) is 2.61. The van der Waals surface area contributed by atoms with Crippen LogP contribution in [0, 0.1) is 6.92 Å². The van der Waals surface area contributed by atoms with Crippen molar-refractivity contribution in [1.82, 2.24) is 0 Å². The van der Waals surface area contributed by atoms with Crippen molar-refractivity contribution in [2.24, 2.45) is 0 Å². The molecule has 0 saturated carbocycles. The first-order chi connectivity index (χ1) is 7.20. The monoisotopic (exact) mass is 202 g/mol. The predicted octanol–water partition coefficient (Wildman–Crippen LogP) is 2.71. The van der Waals surface area contributed by atoms with Crippen LogP contribution in [0.3, 0.4) is 0 Å². The van der Waals surface area contributed by atoms with Crippen LogP contribution in [0.1, 0.15) is 24.5 Å². The lowest BCUT2D eigenvalue weighted by Crippen LogP contribution is -2.06. The minimum atomic E-state index is -0.203. The summed E-state index contributed by atoms with van der Waals surface area (Å²) in [5.41, 5.74) is 2.83. The Bertz CT molecular complexity index is 401. The fourth-order valence-corrected chi connectivity index (χ4v) is 1.64. The molecule has 1 aliphatic heterocycles. The van der Waals surface area contributed by atoms with Crippen LogP contribution in [0.4, 0.5) is 0 Å². The molecule has 0 unspecified atom stereocenters. The van der Waals surface area contributed by atoms with Crippen molar-refractivity contribution >= 4 is 11.5 Å². The smallest absolute Gasteiger partial charge is 0.339 e. The zero-order chi connectivity index (χ0) is 10.8. The van der Waals surface area contributed by atoms with Crippen molar-refractivity contribution in [3.8, 4) is 0 Å². The van der Waals surface area contributed by atoms with Crippen LogP contribution < -0.4 is 0 Å². The second-order valence-electron chi connectivity index (χ2n) is 3.80. The maximum Gasteiger partial charge on any atom is 0.339 e. The number of rotatable bonds is 2. The van der Waals surface area contributed by atoms with Crippen molar-refractivity contribution < 1.29 is 9.53 Å². The summed E-state index contributed by atoms with van der Waals surface area (Å²) in [6.07, 6.45) is 2.70. The third-order valence-electron chi connectivity index (χ3n) is 2.60. The molecule has 1 aromatic rings. The molecule has 0 fully saturated rings. The molecule has 15 heavy (non-hydrogen) atoms. The number of esters is 1. The van der Waals surface area contributed by atoms with Gasteiger partial charge in [0.25, 0.3) is 0 Å². The molecule has 0 aliphatic carbocycles. The number of benzene rings is 1. The standard InChI is InChI=1S/C13H14O2/c1-3-11-8-12(13(14)15-11)10-6-4-9(2)5-7-10/h4-8,11H,3H2,1-2H3/t11-/m1/s1. The summed E-state index contributed by atoms with van der Waals surface area (Å²) < 4.78 is 5.18. The van der Waals surface area contributed by atoms with Gasteiger partial charge in [-0.05, 0) is 25.0 Å². The predicted molar refractivity (Wildman–Crippen MR) is 59.3 cm³/mol. The number of cyclic esters (lactones) is 1. The summed E-state index contributed by atoms with van der Waals surface area (Å²) in [4.78, 5) is 11.5. The highest BCUT2D eigenvalue weighted by Gasteiger charge is 2.24. The quantitative estimate of drug-likeness (QED) is 0.689. The van der Waals surface area contributed by atoms with E-state index in [2.05, 4.69) is 0 Å². The summed E-state index contributed by atoms with van der Waals surface area (Å²) in [5, 5.41) is 0. The van der Waals surface area contributed by atoms with Gasteiger partial charge in [-0.2, -0.15) is 0 Å². The van der Waals surface area contributed by atoms with Crippen molar-refractivity contribution in [2.75, 3.05) is 0 Å². The van der Waals surface area contributed by atoms with Gasteiger partial charge in [-0.1, -0.05) is 36.8 Å². The van der Waals surface area contributed by atoms with E-state index in [0.29, 0.717) is 5.57 Å². The van der Waals surface area contributed by atoms with Gasteiger partial charge >= 0.3 is 5.97 Å². The van der Waals surface area contributed by atoms with Gasteiger partial charge in [0.1, 0.15) is 6.10 Å². The van der Waals surface area contributed by atoms with Crippen LogP contribution in [0.2, 0.25) is 0 Å². The number of carbonyl (C=O) groups is 1. The molecule has 0 radical (unpaired) electrons. The Hall–Kier alpha value is -1.57. The minimum Gasteiger partial charge on any atom is -0.455 e. The first kappa shape index (κ1) is 9.97. The SMILES string of the molecule is CC[C@@H]1C=C(c2ccc(C)cc2)C(=O)O1. The lowest BCUT2D eigenvalue weighted by Gasteiger charge is -2.02. The third kappa shape index (κ3) is 1.94. The summed E-state index contributed by atoms with van der Waals surface area (Å²) in [5.74, 6) is -0.203. The topological polar surface area (TPSA) is 26.3 Å². The Kier molecular flexibility index (Phi) is 2.58.